The summed E-state index contributed by atoms with van der Waals surface area (Å²) in [5, 5.41) is 4.76. The molecule has 2 fully saturated rings. The molecule has 7 nitrogen and oxygen atoms in total. The fourth-order valence-corrected chi connectivity index (χ4v) is 5.08. The van der Waals surface area contributed by atoms with Crippen LogP contribution in [0.25, 0.3) is 11.4 Å². The number of rotatable bonds is 5. The van der Waals surface area contributed by atoms with E-state index in [9.17, 15) is 9.18 Å². The highest BCUT2D eigenvalue weighted by atomic mass is 35.5. The lowest BCUT2D eigenvalue weighted by atomic mass is 9.95. The van der Waals surface area contributed by atoms with Crippen LogP contribution in [0.1, 0.15) is 24.3 Å². The van der Waals surface area contributed by atoms with E-state index in [4.69, 9.17) is 16.1 Å². The van der Waals surface area contributed by atoms with Gasteiger partial charge in [0.1, 0.15) is 5.82 Å². The highest BCUT2D eigenvalue weighted by Crippen LogP contribution is 2.27. The van der Waals surface area contributed by atoms with Gasteiger partial charge in [-0.25, -0.2) is 4.39 Å². The average Bonchev–Trinajstić information content (AvgIpc) is 3.34. The largest absolute Gasteiger partial charge is 0.368 e. The Bertz CT molecular complexity index is 1170. The third-order valence-corrected chi connectivity index (χ3v) is 7.20. The molecule has 0 saturated carbocycles. The third-order valence-electron chi connectivity index (χ3n) is 6.97. The molecule has 2 aromatic carbocycles. The van der Waals surface area contributed by atoms with Crippen molar-refractivity contribution in [3.63, 3.8) is 0 Å². The number of nitrogens with zero attached hydrogens (tertiary/aromatic N) is 5. The van der Waals surface area contributed by atoms with Crippen LogP contribution >= 0.6 is 11.6 Å². The number of carbonyl (C=O) groups excluding carboxylic acids is 1. The number of halogens is 2. The number of hydrogen-bond acceptors (Lipinski definition) is 6. The fraction of sp³-hybridized carbons (Fsp3) is 0.423. The predicted molar refractivity (Wildman–Crippen MR) is 133 cm³/mol. The molecule has 0 aliphatic carbocycles. The third kappa shape index (κ3) is 5.49. The minimum absolute atomic E-state index is 0.0585. The zero-order chi connectivity index (χ0) is 24.4. The van der Waals surface area contributed by atoms with E-state index in [1.54, 1.807) is 12.1 Å². The Hall–Kier alpha value is -2.97. The van der Waals surface area contributed by atoms with Crippen molar-refractivity contribution >= 4 is 23.2 Å². The first-order valence-corrected chi connectivity index (χ1v) is 12.4. The van der Waals surface area contributed by atoms with Crippen LogP contribution in [-0.2, 0) is 11.3 Å². The number of amides is 1. The summed E-state index contributed by atoms with van der Waals surface area (Å²) in [6.07, 6.45) is 1.65. The van der Waals surface area contributed by atoms with Crippen molar-refractivity contribution in [2.75, 3.05) is 44.2 Å². The van der Waals surface area contributed by atoms with Crippen LogP contribution in [0.15, 0.2) is 47.0 Å². The number of piperidine rings is 1. The molecule has 2 aliphatic heterocycles. The van der Waals surface area contributed by atoms with Crippen molar-refractivity contribution in [3.05, 3.63) is 64.8 Å². The average molecular weight is 498 g/mol. The van der Waals surface area contributed by atoms with Gasteiger partial charge in [-0.1, -0.05) is 22.8 Å². The van der Waals surface area contributed by atoms with Gasteiger partial charge in [-0.05, 0) is 74.8 Å². The van der Waals surface area contributed by atoms with Gasteiger partial charge in [-0.3, -0.25) is 9.69 Å². The number of carbonyl (C=O) groups is 1. The molecule has 0 unspecified atom stereocenters. The molecule has 0 atom stereocenters. The second-order valence-corrected chi connectivity index (χ2v) is 9.75. The monoisotopic (exact) mass is 497 g/mol. The lowest BCUT2D eigenvalue weighted by Gasteiger charge is -2.39. The molecule has 3 aromatic rings. The standard InChI is InChI=1S/C26H29ClFN5O2/c1-18-2-5-21(27)16-23(18)32-12-14-33(15-13-32)26(34)20-8-10-31(11-9-20)17-24-29-25(30-35-24)19-3-6-22(28)7-4-19/h2-7,16,20H,8-15,17H2,1H3. The molecule has 0 N–H and O–H groups in total. The van der Waals surface area contributed by atoms with Crippen LogP contribution in [0.5, 0.6) is 0 Å². The van der Waals surface area contributed by atoms with Gasteiger partial charge in [0.25, 0.3) is 0 Å². The van der Waals surface area contributed by atoms with Gasteiger partial charge in [0.2, 0.25) is 17.6 Å². The van der Waals surface area contributed by atoms with Crippen molar-refractivity contribution in [2.45, 2.75) is 26.3 Å². The summed E-state index contributed by atoms with van der Waals surface area (Å²) >= 11 is 6.19. The van der Waals surface area contributed by atoms with E-state index in [2.05, 4.69) is 26.9 Å². The summed E-state index contributed by atoms with van der Waals surface area (Å²) in [7, 11) is 0. The normalized spacial score (nSPS) is 17.7. The van der Waals surface area contributed by atoms with E-state index < -0.39 is 0 Å². The van der Waals surface area contributed by atoms with Gasteiger partial charge in [0, 0.05) is 48.4 Å². The highest BCUT2D eigenvalue weighted by molar-refractivity contribution is 6.30. The van der Waals surface area contributed by atoms with Crippen LogP contribution in [0.2, 0.25) is 5.02 Å². The molecular weight excluding hydrogens is 469 g/mol. The molecule has 2 aliphatic rings. The minimum atomic E-state index is -0.298. The Balaban J connectivity index is 1.10. The zero-order valence-corrected chi connectivity index (χ0v) is 20.5. The summed E-state index contributed by atoms with van der Waals surface area (Å²) in [6, 6.07) is 12.0. The molecule has 5 rings (SSSR count). The minimum Gasteiger partial charge on any atom is -0.368 e. The van der Waals surface area contributed by atoms with E-state index >= 15 is 0 Å². The molecule has 9 heteroatoms. The van der Waals surface area contributed by atoms with Crippen LogP contribution in [0.4, 0.5) is 10.1 Å². The van der Waals surface area contributed by atoms with Gasteiger partial charge in [-0.15, -0.1) is 0 Å². The van der Waals surface area contributed by atoms with Crippen molar-refractivity contribution in [1.29, 1.82) is 0 Å². The second-order valence-electron chi connectivity index (χ2n) is 9.31. The van der Waals surface area contributed by atoms with E-state index in [1.165, 1.54) is 17.7 Å². The Morgan fingerprint density at radius 3 is 2.49 bits per heavy atom. The predicted octanol–water partition coefficient (Wildman–Crippen LogP) is 4.40. The lowest BCUT2D eigenvalue weighted by molar-refractivity contribution is -0.137. The summed E-state index contributed by atoms with van der Waals surface area (Å²) in [6.45, 7) is 7.37. The second kappa shape index (κ2) is 10.3. The van der Waals surface area contributed by atoms with Crippen LogP contribution < -0.4 is 4.90 Å². The quantitative estimate of drug-likeness (QED) is 0.520. The number of aryl methyl sites for hydroxylation is 1. The lowest BCUT2D eigenvalue weighted by Crippen LogP contribution is -2.51. The first kappa shape index (κ1) is 23.8. The Morgan fingerprint density at radius 1 is 1.06 bits per heavy atom. The first-order chi connectivity index (χ1) is 17.0. The number of anilines is 1. The topological polar surface area (TPSA) is 65.7 Å². The van der Waals surface area contributed by atoms with Crippen molar-refractivity contribution < 1.29 is 13.7 Å². The Morgan fingerprint density at radius 2 is 1.77 bits per heavy atom. The van der Waals surface area contributed by atoms with Gasteiger partial charge < -0.3 is 14.3 Å². The Kier molecular flexibility index (Phi) is 7.02. The van der Waals surface area contributed by atoms with Gasteiger partial charge in [-0.2, -0.15) is 4.98 Å². The van der Waals surface area contributed by atoms with Gasteiger partial charge in [0.15, 0.2) is 0 Å². The van der Waals surface area contributed by atoms with E-state index in [0.717, 1.165) is 68.4 Å². The molecule has 0 bridgehead atoms. The Labute approximate surface area is 209 Å². The van der Waals surface area contributed by atoms with E-state index in [1.807, 2.05) is 23.1 Å². The molecule has 1 amide bonds. The maximum Gasteiger partial charge on any atom is 0.241 e. The van der Waals surface area contributed by atoms with Crippen molar-refractivity contribution in [1.82, 2.24) is 19.9 Å². The van der Waals surface area contributed by atoms with E-state index in [0.29, 0.717) is 18.3 Å². The number of likely N-dealkylation sites (tertiary alicyclic amines) is 1. The molecule has 2 saturated heterocycles. The summed E-state index contributed by atoms with van der Waals surface area (Å²) in [5.41, 5.74) is 3.07. The maximum absolute atomic E-state index is 13.2. The number of aromatic nitrogens is 2. The number of benzene rings is 2. The molecule has 0 spiro atoms. The first-order valence-electron chi connectivity index (χ1n) is 12.1. The summed E-state index contributed by atoms with van der Waals surface area (Å²) in [5.74, 6) is 1.01. The molecule has 1 aromatic heterocycles. The summed E-state index contributed by atoms with van der Waals surface area (Å²) < 4.78 is 18.5. The number of hydrogen-bond donors (Lipinski definition) is 0. The molecule has 35 heavy (non-hydrogen) atoms. The van der Waals surface area contributed by atoms with Gasteiger partial charge in [0.05, 0.1) is 6.54 Å². The van der Waals surface area contributed by atoms with Crippen LogP contribution in [0, 0.1) is 18.7 Å². The van der Waals surface area contributed by atoms with E-state index in [-0.39, 0.29) is 17.6 Å². The van der Waals surface area contributed by atoms with Crippen molar-refractivity contribution in [3.8, 4) is 11.4 Å². The maximum atomic E-state index is 13.2. The summed E-state index contributed by atoms with van der Waals surface area (Å²) in [4.78, 5) is 24.2. The molecular formula is C26H29ClFN5O2. The number of piperazine rings is 1. The zero-order valence-electron chi connectivity index (χ0n) is 19.8. The SMILES string of the molecule is Cc1ccc(Cl)cc1N1CCN(C(=O)C2CCN(Cc3nc(-c4ccc(F)cc4)no3)CC2)CC1. The van der Waals surface area contributed by atoms with Crippen molar-refractivity contribution in [2.24, 2.45) is 5.92 Å². The van der Waals surface area contributed by atoms with Gasteiger partial charge >= 0.3 is 0 Å². The fourth-order valence-electron chi connectivity index (χ4n) is 4.91. The highest BCUT2D eigenvalue weighted by Gasteiger charge is 2.31. The molecule has 3 heterocycles. The van der Waals surface area contributed by atoms with Crippen LogP contribution in [-0.4, -0.2) is 65.1 Å². The van der Waals surface area contributed by atoms with Crippen LogP contribution in [0.3, 0.4) is 0 Å². The smallest absolute Gasteiger partial charge is 0.241 e. The molecule has 184 valence electrons. The molecule has 0 radical (unpaired) electrons.